The number of hydrogen-bond donors (Lipinski definition) is 3. The van der Waals surface area contributed by atoms with Gasteiger partial charge < -0.3 is 21.1 Å². The molecule has 1 aromatic carbocycles. The highest BCUT2D eigenvalue weighted by atomic mass is 32.2. The predicted molar refractivity (Wildman–Crippen MR) is 98.6 cm³/mol. The van der Waals surface area contributed by atoms with E-state index in [9.17, 15) is 18.0 Å². The van der Waals surface area contributed by atoms with Crippen molar-refractivity contribution in [3.05, 3.63) is 18.2 Å². The second kappa shape index (κ2) is 9.97. The van der Waals surface area contributed by atoms with Crippen LogP contribution < -0.4 is 21.1 Å². The fourth-order valence-electron chi connectivity index (χ4n) is 2.10. The van der Waals surface area contributed by atoms with Gasteiger partial charge in [0, 0.05) is 32.7 Å². The minimum Gasteiger partial charge on any atom is -0.492 e. The zero-order chi connectivity index (χ0) is 19.7. The van der Waals surface area contributed by atoms with Crippen molar-refractivity contribution in [2.75, 3.05) is 32.6 Å². The Labute approximate surface area is 153 Å². The number of ether oxygens (including phenoxy) is 1. The van der Waals surface area contributed by atoms with Gasteiger partial charge in [-0.05, 0) is 38.0 Å². The lowest BCUT2D eigenvalue weighted by molar-refractivity contribution is -0.116. The van der Waals surface area contributed by atoms with Crippen LogP contribution in [0.25, 0.3) is 0 Å². The monoisotopic (exact) mass is 386 g/mol. The molecule has 0 atom stereocenters. The lowest BCUT2D eigenvalue weighted by atomic mass is 10.2. The van der Waals surface area contributed by atoms with Gasteiger partial charge in [0.2, 0.25) is 15.9 Å². The highest BCUT2D eigenvalue weighted by Crippen LogP contribution is 2.29. The van der Waals surface area contributed by atoms with Crippen LogP contribution in [0, 0.1) is 0 Å². The van der Waals surface area contributed by atoms with Gasteiger partial charge in [-0.25, -0.2) is 17.5 Å². The molecule has 0 fully saturated rings. The van der Waals surface area contributed by atoms with Gasteiger partial charge in [-0.15, -0.1) is 0 Å². The Kier molecular flexibility index (Phi) is 8.33. The van der Waals surface area contributed by atoms with Gasteiger partial charge >= 0.3 is 6.03 Å². The van der Waals surface area contributed by atoms with E-state index in [4.69, 9.17) is 10.5 Å². The number of nitrogens with two attached hydrogens (primary N) is 1. The van der Waals surface area contributed by atoms with Crippen LogP contribution in [0.4, 0.5) is 10.5 Å². The molecule has 0 bridgehead atoms. The van der Waals surface area contributed by atoms with Crippen LogP contribution in [0.1, 0.15) is 26.2 Å². The number of hydrogen-bond acceptors (Lipinski definition) is 5. The van der Waals surface area contributed by atoms with E-state index in [1.54, 1.807) is 13.0 Å². The number of benzene rings is 1. The number of carbonyl (C=O) groups is 2. The first-order valence-electron chi connectivity index (χ1n) is 8.21. The van der Waals surface area contributed by atoms with E-state index < -0.39 is 16.1 Å². The molecule has 26 heavy (non-hydrogen) atoms. The SMILES string of the molecule is CCOc1ccc(NC(=O)CCCCNC(N)=O)cc1S(=O)(=O)N(C)C. The number of sulfonamides is 1. The minimum absolute atomic E-state index is 0.00666. The Morgan fingerprint density at radius 3 is 2.50 bits per heavy atom. The molecular weight excluding hydrogens is 360 g/mol. The molecule has 0 aromatic heterocycles. The molecule has 1 rings (SSSR count). The standard InChI is InChI=1S/C16H26N4O5S/c1-4-25-13-9-8-12(11-14(13)26(23,24)20(2)3)19-15(21)7-5-6-10-18-16(17)22/h8-9,11H,4-7,10H2,1-3H3,(H,19,21)(H3,17,18,22). The number of nitrogens with one attached hydrogen (secondary N) is 2. The summed E-state index contributed by atoms with van der Waals surface area (Å²) in [4.78, 5) is 22.5. The van der Waals surface area contributed by atoms with Crippen LogP contribution in [0.5, 0.6) is 5.75 Å². The number of amides is 3. The summed E-state index contributed by atoms with van der Waals surface area (Å²) >= 11 is 0. The van der Waals surface area contributed by atoms with E-state index in [1.807, 2.05) is 0 Å². The van der Waals surface area contributed by atoms with Crippen molar-refractivity contribution in [3.63, 3.8) is 0 Å². The molecule has 0 aliphatic carbocycles. The van der Waals surface area contributed by atoms with Crippen molar-refractivity contribution in [2.45, 2.75) is 31.1 Å². The Morgan fingerprint density at radius 1 is 1.23 bits per heavy atom. The molecule has 0 aliphatic heterocycles. The molecule has 0 spiro atoms. The molecule has 1 aromatic rings. The van der Waals surface area contributed by atoms with Gasteiger partial charge in [0.25, 0.3) is 0 Å². The summed E-state index contributed by atoms with van der Waals surface area (Å²) in [5.74, 6) is -0.0156. The van der Waals surface area contributed by atoms with Crippen molar-refractivity contribution in [1.29, 1.82) is 0 Å². The molecule has 0 unspecified atom stereocenters. The van der Waals surface area contributed by atoms with Gasteiger partial charge in [-0.3, -0.25) is 4.79 Å². The second-order valence-electron chi connectivity index (χ2n) is 5.68. The first-order chi connectivity index (χ1) is 12.2. The van der Waals surface area contributed by atoms with Crippen molar-refractivity contribution >= 4 is 27.6 Å². The Morgan fingerprint density at radius 2 is 1.92 bits per heavy atom. The molecule has 0 saturated heterocycles. The van der Waals surface area contributed by atoms with Crippen LogP contribution >= 0.6 is 0 Å². The van der Waals surface area contributed by atoms with Crippen molar-refractivity contribution < 1.29 is 22.7 Å². The average molecular weight is 386 g/mol. The largest absolute Gasteiger partial charge is 0.492 e. The van der Waals surface area contributed by atoms with E-state index in [0.717, 1.165) is 4.31 Å². The lowest BCUT2D eigenvalue weighted by Gasteiger charge is -2.16. The minimum atomic E-state index is -3.72. The van der Waals surface area contributed by atoms with Crippen LogP contribution in [-0.2, 0) is 14.8 Å². The molecule has 0 aliphatic rings. The molecule has 0 saturated carbocycles. The Bertz CT molecular complexity index is 734. The third kappa shape index (κ3) is 6.52. The summed E-state index contributed by atoms with van der Waals surface area (Å²) in [6.07, 6.45) is 1.41. The van der Waals surface area contributed by atoms with E-state index in [1.165, 1.54) is 26.2 Å². The van der Waals surface area contributed by atoms with Crippen molar-refractivity contribution in [2.24, 2.45) is 5.73 Å². The zero-order valence-electron chi connectivity index (χ0n) is 15.2. The van der Waals surface area contributed by atoms with Crippen molar-refractivity contribution in [1.82, 2.24) is 9.62 Å². The topological polar surface area (TPSA) is 131 Å². The number of unbranched alkanes of at least 4 members (excludes halogenated alkanes) is 1. The first kappa shape index (κ1) is 21.7. The lowest BCUT2D eigenvalue weighted by Crippen LogP contribution is -2.30. The van der Waals surface area contributed by atoms with E-state index in [0.29, 0.717) is 31.7 Å². The maximum atomic E-state index is 12.5. The molecule has 4 N–H and O–H groups in total. The van der Waals surface area contributed by atoms with Gasteiger partial charge in [0.05, 0.1) is 6.61 Å². The van der Waals surface area contributed by atoms with Crippen LogP contribution in [0.3, 0.4) is 0 Å². The van der Waals surface area contributed by atoms with E-state index >= 15 is 0 Å². The van der Waals surface area contributed by atoms with Gasteiger partial charge in [0.15, 0.2) is 0 Å². The number of nitrogens with zero attached hydrogens (tertiary/aromatic N) is 1. The Balaban J connectivity index is 2.78. The molecule has 0 radical (unpaired) electrons. The average Bonchev–Trinajstić information content (AvgIpc) is 2.55. The summed E-state index contributed by atoms with van der Waals surface area (Å²) in [6.45, 7) is 2.48. The van der Waals surface area contributed by atoms with Gasteiger partial charge in [-0.1, -0.05) is 0 Å². The quantitative estimate of drug-likeness (QED) is 0.519. The molecular formula is C16H26N4O5S. The maximum Gasteiger partial charge on any atom is 0.312 e. The van der Waals surface area contributed by atoms with E-state index in [-0.39, 0.29) is 23.0 Å². The highest BCUT2D eigenvalue weighted by Gasteiger charge is 2.23. The summed E-state index contributed by atoms with van der Waals surface area (Å²) in [7, 11) is -0.861. The normalized spacial score (nSPS) is 11.2. The first-order valence-corrected chi connectivity index (χ1v) is 9.65. The van der Waals surface area contributed by atoms with Crippen LogP contribution in [0.2, 0.25) is 0 Å². The van der Waals surface area contributed by atoms with E-state index in [2.05, 4.69) is 10.6 Å². The van der Waals surface area contributed by atoms with Crippen LogP contribution in [0.15, 0.2) is 23.1 Å². The summed E-state index contributed by atoms with van der Waals surface area (Å²) in [5.41, 5.74) is 5.32. The van der Waals surface area contributed by atoms with Crippen LogP contribution in [-0.4, -0.2) is 51.9 Å². The number of primary amides is 1. The number of carbonyl (C=O) groups excluding carboxylic acids is 2. The van der Waals surface area contributed by atoms with Gasteiger partial charge in [0.1, 0.15) is 10.6 Å². The Hall–Kier alpha value is -2.33. The number of anilines is 1. The summed E-state index contributed by atoms with van der Waals surface area (Å²) in [6, 6.07) is 3.89. The molecule has 9 nitrogen and oxygen atoms in total. The summed E-state index contributed by atoms with van der Waals surface area (Å²) < 4.78 is 31.4. The number of urea groups is 1. The molecule has 0 heterocycles. The van der Waals surface area contributed by atoms with Gasteiger partial charge in [-0.2, -0.15) is 0 Å². The molecule has 146 valence electrons. The molecule has 3 amide bonds. The highest BCUT2D eigenvalue weighted by molar-refractivity contribution is 7.89. The number of rotatable bonds is 10. The van der Waals surface area contributed by atoms with Crippen molar-refractivity contribution in [3.8, 4) is 5.75 Å². The smallest absolute Gasteiger partial charge is 0.312 e. The summed E-state index contributed by atoms with van der Waals surface area (Å²) in [5, 5.41) is 5.12. The fourth-order valence-corrected chi connectivity index (χ4v) is 3.15. The third-order valence-electron chi connectivity index (χ3n) is 3.42. The maximum absolute atomic E-state index is 12.5. The predicted octanol–water partition coefficient (Wildman–Crippen LogP) is 1.11. The second-order valence-corrected chi connectivity index (χ2v) is 7.80. The molecule has 10 heteroatoms. The fraction of sp³-hybridized carbons (Fsp3) is 0.500. The zero-order valence-corrected chi connectivity index (χ0v) is 16.1. The third-order valence-corrected chi connectivity index (χ3v) is 5.25.